The molecule has 0 aliphatic heterocycles. The number of ether oxygens (including phenoxy) is 1. The van der Waals surface area contributed by atoms with E-state index < -0.39 is 11.5 Å². The van der Waals surface area contributed by atoms with Crippen LogP contribution in [0, 0.1) is 18.8 Å². The first-order chi connectivity index (χ1) is 14.9. The molecule has 2 aromatic rings. The van der Waals surface area contributed by atoms with E-state index in [9.17, 15) is 15.1 Å². The lowest BCUT2D eigenvalue weighted by molar-refractivity contribution is 0.0610. The number of rotatable bonds is 4. The molecule has 0 radical (unpaired) electrons. The number of carbonyl (C=O) groups is 1. The number of pyridine rings is 1. The molecule has 6 heteroatoms. The van der Waals surface area contributed by atoms with Crippen LogP contribution in [-0.4, -0.2) is 33.9 Å². The summed E-state index contributed by atoms with van der Waals surface area (Å²) in [5, 5.41) is 19.8. The van der Waals surface area contributed by atoms with E-state index in [1.165, 1.54) is 7.11 Å². The van der Waals surface area contributed by atoms with Crippen molar-refractivity contribution in [2.75, 3.05) is 7.11 Å². The van der Waals surface area contributed by atoms with Gasteiger partial charge in [-0.1, -0.05) is 36.5 Å². The molecule has 6 nitrogen and oxygen atoms in total. The number of hydroxylamine groups is 1. The van der Waals surface area contributed by atoms with Crippen LogP contribution in [0.3, 0.4) is 0 Å². The topological polar surface area (TPSA) is 91.7 Å². The van der Waals surface area contributed by atoms with Crippen molar-refractivity contribution in [3.63, 3.8) is 0 Å². The highest BCUT2D eigenvalue weighted by Gasteiger charge is 2.26. The lowest BCUT2D eigenvalue weighted by Crippen LogP contribution is -2.29. The Hall–Kier alpha value is -3.14. The number of carbonyl (C=O) groups excluding carboxylic acids is 1. The van der Waals surface area contributed by atoms with Gasteiger partial charge in [-0.2, -0.15) is 0 Å². The van der Waals surface area contributed by atoms with Gasteiger partial charge < -0.3 is 9.84 Å². The summed E-state index contributed by atoms with van der Waals surface area (Å²) in [7, 11) is 1.47. The first-order valence-electron chi connectivity index (χ1n) is 10.4. The van der Waals surface area contributed by atoms with Crippen molar-refractivity contribution < 1.29 is 19.8 Å². The van der Waals surface area contributed by atoms with Crippen LogP contribution in [0.2, 0.25) is 0 Å². The Morgan fingerprint density at radius 2 is 1.90 bits per heavy atom. The molecule has 3 N–H and O–H groups in total. The van der Waals surface area contributed by atoms with Gasteiger partial charge in [0.15, 0.2) is 5.75 Å². The second-order valence-corrected chi connectivity index (χ2v) is 7.74. The van der Waals surface area contributed by atoms with Crippen LogP contribution in [-0.2, 0) is 0 Å². The summed E-state index contributed by atoms with van der Waals surface area (Å²) in [5.74, 6) is 5.74. The van der Waals surface area contributed by atoms with Crippen LogP contribution in [0.1, 0.15) is 66.2 Å². The monoisotopic (exact) mass is 420 g/mol. The minimum absolute atomic E-state index is 0.228. The van der Waals surface area contributed by atoms with Gasteiger partial charge in [0.25, 0.3) is 5.91 Å². The number of hydrogen-bond acceptors (Lipinski definition) is 5. The van der Waals surface area contributed by atoms with E-state index in [1.807, 2.05) is 37.3 Å². The number of methoxy groups -OCH3 is 1. The summed E-state index contributed by atoms with van der Waals surface area (Å²) in [4.78, 5) is 17.0. The molecule has 0 saturated heterocycles. The number of hydrogen-bond donors (Lipinski definition) is 3. The summed E-state index contributed by atoms with van der Waals surface area (Å²) in [6.45, 7) is 3.62. The molecule has 1 saturated carbocycles. The van der Waals surface area contributed by atoms with Gasteiger partial charge in [-0.3, -0.25) is 10.0 Å². The number of nitrogens with one attached hydrogen (secondary N) is 1. The summed E-state index contributed by atoms with van der Waals surface area (Å²) in [6, 6.07) is 7.43. The Morgan fingerprint density at radius 1 is 1.23 bits per heavy atom. The van der Waals surface area contributed by atoms with Crippen LogP contribution in [0.25, 0.3) is 17.3 Å². The zero-order valence-electron chi connectivity index (χ0n) is 18.2. The van der Waals surface area contributed by atoms with E-state index in [1.54, 1.807) is 18.5 Å². The van der Waals surface area contributed by atoms with E-state index in [0.29, 0.717) is 29.8 Å². The Kier molecular flexibility index (Phi) is 7.11. The van der Waals surface area contributed by atoms with Crippen molar-refractivity contribution in [3.05, 3.63) is 52.7 Å². The summed E-state index contributed by atoms with van der Waals surface area (Å²) < 4.78 is 5.52. The predicted octanol–water partition coefficient (Wildman–Crippen LogP) is 4.26. The van der Waals surface area contributed by atoms with Crippen molar-refractivity contribution >= 4 is 12.0 Å². The average molecular weight is 421 g/mol. The molecule has 0 spiro atoms. The molecule has 1 aromatic carbocycles. The average Bonchev–Trinajstić information content (AvgIpc) is 2.79. The predicted molar refractivity (Wildman–Crippen MR) is 120 cm³/mol. The van der Waals surface area contributed by atoms with Crippen LogP contribution >= 0.6 is 0 Å². The third kappa shape index (κ3) is 4.96. The zero-order valence-corrected chi connectivity index (χ0v) is 18.2. The smallest absolute Gasteiger partial charge is 0.278 e. The molecule has 0 unspecified atom stereocenters. The number of aromatic nitrogens is 1. The molecule has 0 bridgehead atoms. The highest BCUT2D eigenvalue weighted by molar-refractivity contribution is 6.00. The number of benzene rings is 1. The zero-order chi connectivity index (χ0) is 22.4. The molecule has 1 amide bonds. The number of nitrogens with zero attached hydrogens (tertiary/aromatic N) is 1. The van der Waals surface area contributed by atoms with Crippen molar-refractivity contribution in [2.45, 2.75) is 51.6 Å². The molecule has 1 aliphatic rings. The van der Waals surface area contributed by atoms with Crippen LogP contribution in [0.4, 0.5) is 0 Å². The molecule has 1 fully saturated rings. The maximum atomic E-state index is 12.3. The molecule has 162 valence electrons. The van der Waals surface area contributed by atoms with Crippen LogP contribution in [0.5, 0.6) is 5.75 Å². The SMILES string of the molecule is C/C=C\c1nc(-c2ccc(C#CC3(O)CCCCC3)cc2)c(OC)c(C(=O)NO)c1C. The van der Waals surface area contributed by atoms with E-state index in [0.717, 1.165) is 30.4 Å². The normalized spacial score (nSPS) is 15.3. The molecule has 0 atom stereocenters. The summed E-state index contributed by atoms with van der Waals surface area (Å²) in [6.07, 6.45) is 8.22. The van der Waals surface area contributed by atoms with Gasteiger partial charge in [0.05, 0.1) is 18.4 Å². The highest BCUT2D eigenvalue weighted by Crippen LogP contribution is 2.35. The Balaban J connectivity index is 2.02. The van der Waals surface area contributed by atoms with E-state index in [-0.39, 0.29) is 11.3 Å². The fraction of sp³-hybridized carbons (Fsp3) is 0.360. The Bertz CT molecular complexity index is 1040. The largest absolute Gasteiger partial charge is 0.494 e. The van der Waals surface area contributed by atoms with E-state index >= 15 is 0 Å². The maximum Gasteiger partial charge on any atom is 0.278 e. The van der Waals surface area contributed by atoms with Crippen molar-refractivity contribution in [2.24, 2.45) is 0 Å². The van der Waals surface area contributed by atoms with E-state index in [2.05, 4.69) is 11.8 Å². The van der Waals surface area contributed by atoms with Crippen molar-refractivity contribution in [1.29, 1.82) is 0 Å². The van der Waals surface area contributed by atoms with Gasteiger partial charge in [-0.25, -0.2) is 10.5 Å². The molecular formula is C25H28N2O4. The van der Waals surface area contributed by atoms with Crippen LogP contribution < -0.4 is 10.2 Å². The third-order valence-corrected chi connectivity index (χ3v) is 5.57. The quantitative estimate of drug-likeness (QED) is 0.390. The van der Waals surface area contributed by atoms with Gasteiger partial charge in [0, 0.05) is 11.1 Å². The lowest BCUT2D eigenvalue weighted by atomic mass is 9.85. The fourth-order valence-electron chi connectivity index (χ4n) is 3.88. The Labute approximate surface area is 182 Å². The molecule has 1 heterocycles. The summed E-state index contributed by atoms with van der Waals surface area (Å²) >= 11 is 0. The standard InChI is InChI=1S/C25H28N2O4/c1-4-8-20-17(2)21(24(28)27-30)23(31-3)22(26-20)19-11-9-18(10-12-19)13-16-25(29)14-6-5-7-15-25/h4,8-12,29-30H,5-7,14-15H2,1-3H3,(H,27,28)/b8-4-. The third-order valence-electron chi connectivity index (χ3n) is 5.57. The fourth-order valence-corrected chi connectivity index (χ4v) is 3.88. The maximum absolute atomic E-state index is 12.3. The molecule has 1 aromatic heterocycles. The van der Waals surface area contributed by atoms with Crippen molar-refractivity contribution in [3.8, 4) is 28.8 Å². The summed E-state index contributed by atoms with van der Waals surface area (Å²) in [5.41, 5.74) is 4.27. The molecule has 1 aliphatic carbocycles. The minimum atomic E-state index is -0.896. The van der Waals surface area contributed by atoms with E-state index in [4.69, 9.17) is 9.72 Å². The second kappa shape index (κ2) is 9.78. The second-order valence-electron chi connectivity index (χ2n) is 7.74. The molecule has 31 heavy (non-hydrogen) atoms. The van der Waals surface area contributed by atoms with Gasteiger partial charge in [-0.15, -0.1) is 0 Å². The minimum Gasteiger partial charge on any atom is -0.494 e. The highest BCUT2D eigenvalue weighted by atomic mass is 16.5. The number of allylic oxidation sites excluding steroid dienone is 1. The van der Waals surface area contributed by atoms with Gasteiger partial charge >= 0.3 is 0 Å². The number of amides is 1. The Morgan fingerprint density at radius 3 is 2.48 bits per heavy atom. The van der Waals surface area contributed by atoms with Gasteiger partial charge in [0.2, 0.25) is 0 Å². The van der Waals surface area contributed by atoms with Crippen LogP contribution in [0.15, 0.2) is 30.3 Å². The first-order valence-corrected chi connectivity index (χ1v) is 10.4. The first kappa shape index (κ1) is 22.5. The van der Waals surface area contributed by atoms with Crippen molar-refractivity contribution in [1.82, 2.24) is 10.5 Å². The van der Waals surface area contributed by atoms with Gasteiger partial charge in [0.1, 0.15) is 11.3 Å². The molecular weight excluding hydrogens is 392 g/mol. The molecule has 3 rings (SSSR count). The number of aliphatic hydroxyl groups is 1. The van der Waals surface area contributed by atoms with Gasteiger partial charge in [-0.05, 0) is 63.3 Å². The lowest BCUT2D eigenvalue weighted by Gasteiger charge is -2.26.